The third-order valence-corrected chi connectivity index (χ3v) is 4.77. The van der Waals surface area contributed by atoms with Crippen LogP contribution in [-0.2, 0) is 4.79 Å². The van der Waals surface area contributed by atoms with Gasteiger partial charge in [0.15, 0.2) is 5.76 Å². The van der Waals surface area contributed by atoms with Crippen molar-refractivity contribution in [2.75, 3.05) is 6.54 Å². The Labute approximate surface area is 136 Å². The number of carboxylic acid groups (broad SMARTS) is 1. The van der Waals surface area contributed by atoms with E-state index in [9.17, 15) is 9.59 Å². The summed E-state index contributed by atoms with van der Waals surface area (Å²) in [6.45, 7) is 4.13. The second kappa shape index (κ2) is 5.43. The number of furan rings is 1. The largest absolute Gasteiger partial charge is 0.481 e. The Kier molecular flexibility index (Phi) is 3.72. The number of aryl methyl sites for hydroxylation is 1. The maximum Gasteiger partial charge on any atom is 0.308 e. The highest BCUT2D eigenvalue weighted by Gasteiger charge is 2.39. The maximum absolute atomic E-state index is 12.6. The van der Waals surface area contributed by atoms with Crippen LogP contribution in [0.2, 0.25) is 0 Å². The highest BCUT2D eigenvalue weighted by molar-refractivity contribution is 9.10. The Bertz CT molecular complexity index is 767. The molecule has 0 radical (unpaired) electrons. The molecule has 2 unspecified atom stereocenters. The van der Waals surface area contributed by atoms with Gasteiger partial charge in [0.1, 0.15) is 5.58 Å². The first-order chi connectivity index (χ1) is 10.4. The molecular formula is C16H16BrNO4. The minimum atomic E-state index is -0.854. The van der Waals surface area contributed by atoms with Gasteiger partial charge in [0, 0.05) is 22.4 Å². The molecule has 1 aliphatic rings. The van der Waals surface area contributed by atoms with Crippen molar-refractivity contribution < 1.29 is 19.1 Å². The number of fused-ring (bicyclic) bond motifs is 1. The number of rotatable bonds is 2. The minimum absolute atomic E-state index is 0.247. The number of benzene rings is 1. The fourth-order valence-corrected chi connectivity index (χ4v) is 3.68. The van der Waals surface area contributed by atoms with Crippen LogP contribution in [0.4, 0.5) is 0 Å². The predicted octanol–water partition coefficient (Wildman–Crippen LogP) is 3.44. The lowest BCUT2D eigenvalue weighted by Gasteiger charge is -2.22. The standard InChI is InChI=1S/C16H16BrNO4/c1-8-5-11(17)6-10-7-13(22-14(8)10)15(19)18-4-3-12(9(18)2)16(20)21/h5-7,9,12H,3-4H2,1-2H3,(H,20,21). The molecule has 1 aliphatic heterocycles. The van der Waals surface area contributed by atoms with Crippen LogP contribution >= 0.6 is 15.9 Å². The maximum atomic E-state index is 12.6. The third kappa shape index (κ3) is 2.41. The summed E-state index contributed by atoms with van der Waals surface area (Å²) in [5, 5.41) is 10.0. The monoisotopic (exact) mass is 365 g/mol. The van der Waals surface area contributed by atoms with Crippen molar-refractivity contribution in [3.05, 3.63) is 34.0 Å². The van der Waals surface area contributed by atoms with E-state index in [1.165, 1.54) is 0 Å². The summed E-state index contributed by atoms with van der Waals surface area (Å²) in [6, 6.07) is 5.22. The number of carboxylic acids is 1. The average molecular weight is 366 g/mol. The minimum Gasteiger partial charge on any atom is -0.481 e. The Hall–Kier alpha value is -1.82. The summed E-state index contributed by atoms with van der Waals surface area (Å²) in [4.78, 5) is 25.4. The quantitative estimate of drug-likeness (QED) is 0.884. The van der Waals surface area contributed by atoms with Crippen LogP contribution in [0.15, 0.2) is 27.1 Å². The molecule has 5 nitrogen and oxygen atoms in total. The number of hydrogen-bond acceptors (Lipinski definition) is 3. The molecule has 1 aromatic carbocycles. The lowest BCUT2D eigenvalue weighted by Crippen LogP contribution is -2.37. The smallest absolute Gasteiger partial charge is 0.308 e. The number of likely N-dealkylation sites (tertiary alicyclic amines) is 1. The topological polar surface area (TPSA) is 70.8 Å². The van der Waals surface area contributed by atoms with Gasteiger partial charge in [0.2, 0.25) is 0 Å². The number of halogens is 1. The fraction of sp³-hybridized carbons (Fsp3) is 0.375. The SMILES string of the molecule is Cc1cc(Br)cc2cc(C(=O)N3CCC(C(=O)O)C3C)oc12. The van der Waals surface area contributed by atoms with Crippen molar-refractivity contribution in [1.29, 1.82) is 0 Å². The number of amides is 1. The molecule has 0 spiro atoms. The molecule has 6 heteroatoms. The summed E-state index contributed by atoms with van der Waals surface area (Å²) >= 11 is 3.43. The molecule has 0 aliphatic carbocycles. The molecule has 2 aromatic rings. The number of carbonyl (C=O) groups is 2. The number of hydrogen-bond donors (Lipinski definition) is 1. The van der Waals surface area contributed by atoms with Crippen molar-refractivity contribution in [2.24, 2.45) is 5.92 Å². The van der Waals surface area contributed by atoms with E-state index < -0.39 is 11.9 Å². The first-order valence-corrected chi connectivity index (χ1v) is 7.91. The zero-order valence-corrected chi connectivity index (χ0v) is 13.9. The van der Waals surface area contributed by atoms with E-state index in [-0.39, 0.29) is 17.7 Å². The second-order valence-corrected chi connectivity index (χ2v) is 6.64. The van der Waals surface area contributed by atoms with Crippen LogP contribution in [0.25, 0.3) is 11.0 Å². The summed E-state index contributed by atoms with van der Waals surface area (Å²) in [6.07, 6.45) is 0.479. The van der Waals surface area contributed by atoms with Gasteiger partial charge >= 0.3 is 5.97 Å². The van der Waals surface area contributed by atoms with Crippen molar-refractivity contribution >= 4 is 38.8 Å². The predicted molar refractivity (Wildman–Crippen MR) is 84.9 cm³/mol. The summed E-state index contributed by atoms with van der Waals surface area (Å²) in [5.74, 6) is -1.35. The van der Waals surface area contributed by atoms with Gasteiger partial charge in [-0.2, -0.15) is 0 Å². The van der Waals surface area contributed by atoms with Gasteiger partial charge in [-0.25, -0.2) is 0 Å². The van der Waals surface area contributed by atoms with Gasteiger partial charge in [-0.1, -0.05) is 15.9 Å². The van der Waals surface area contributed by atoms with E-state index in [1.54, 1.807) is 17.9 Å². The molecule has 1 amide bonds. The van der Waals surface area contributed by atoms with E-state index in [4.69, 9.17) is 9.52 Å². The van der Waals surface area contributed by atoms with Crippen molar-refractivity contribution in [2.45, 2.75) is 26.3 Å². The van der Waals surface area contributed by atoms with E-state index in [0.717, 1.165) is 15.4 Å². The van der Waals surface area contributed by atoms with Crippen molar-refractivity contribution in [1.82, 2.24) is 4.90 Å². The molecule has 22 heavy (non-hydrogen) atoms. The zero-order valence-electron chi connectivity index (χ0n) is 12.3. The Morgan fingerprint density at radius 2 is 2.09 bits per heavy atom. The molecule has 1 fully saturated rings. The Morgan fingerprint density at radius 1 is 1.36 bits per heavy atom. The summed E-state index contributed by atoms with van der Waals surface area (Å²) in [5.41, 5.74) is 1.63. The van der Waals surface area contributed by atoms with E-state index in [1.807, 2.05) is 19.1 Å². The normalized spacial score (nSPS) is 21.5. The van der Waals surface area contributed by atoms with Crippen LogP contribution in [0.1, 0.15) is 29.5 Å². The molecule has 2 heterocycles. The van der Waals surface area contributed by atoms with Crippen LogP contribution in [0.3, 0.4) is 0 Å². The van der Waals surface area contributed by atoms with Crippen LogP contribution in [0.5, 0.6) is 0 Å². The van der Waals surface area contributed by atoms with E-state index >= 15 is 0 Å². The highest BCUT2D eigenvalue weighted by Crippen LogP contribution is 2.30. The van der Waals surface area contributed by atoms with Gasteiger partial charge in [-0.05, 0) is 44.0 Å². The fourth-order valence-electron chi connectivity index (χ4n) is 3.09. The molecular weight excluding hydrogens is 350 g/mol. The second-order valence-electron chi connectivity index (χ2n) is 5.72. The lowest BCUT2D eigenvalue weighted by molar-refractivity contribution is -0.142. The number of nitrogens with zero attached hydrogens (tertiary/aromatic N) is 1. The van der Waals surface area contributed by atoms with Crippen LogP contribution < -0.4 is 0 Å². The van der Waals surface area contributed by atoms with E-state index in [2.05, 4.69) is 15.9 Å². The van der Waals surface area contributed by atoms with Crippen LogP contribution in [-0.4, -0.2) is 34.5 Å². The Morgan fingerprint density at radius 3 is 2.73 bits per heavy atom. The first-order valence-electron chi connectivity index (χ1n) is 7.12. The van der Waals surface area contributed by atoms with Gasteiger partial charge < -0.3 is 14.4 Å². The van der Waals surface area contributed by atoms with Crippen LogP contribution in [0, 0.1) is 12.8 Å². The van der Waals surface area contributed by atoms with Gasteiger partial charge in [0.05, 0.1) is 5.92 Å². The summed E-state index contributed by atoms with van der Waals surface area (Å²) < 4.78 is 6.64. The zero-order chi connectivity index (χ0) is 16.0. The molecule has 3 rings (SSSR count). The van der Waals surface area contributed by atoms with Gasteiger partial charge in [-0.15, -0.1) is 0 Å². The molecule has 0 bridgehead atoms. The van der Waals surface area contributed by atoms with Crippen molar-refractivity contribution in [3.8, 4) is 0 Å². The average Bonchev–Trinajstić information content (AvgIpc) is 3.01. The number of carbonyl (C=O) groups excluding carboxylic acids is 1. The Balaban J connectivity index is 1.93. The third-order valence-electron chi connectivity index (χ3n) is 4.31. The van der Waals surface area contributed by atoms with Gasteiger partial charge in [0.25, 0.3) is 5.91 Å². The summed E-state index contributed by atoms with van der Waals surface area (Å²) in [7, 11) is 0. The molecule has 1 N–H and O–H groups in total. The highest BCUT2D eigenvalue weighted by atomic mass is 79.9. The molecule has 2 atom stereocenters. The molecule has 1 aromatic heterocycles. The molecule has 1 saturated heterocycles. The van der Waals surface area contributed by atoms with Crippen molar-refractivity contribution in [3.63, 3.8) is 0 Å². The first kappa shape index (κ1) is 15.1. The van der Waals surface area contributed by atoms with E-state index in [0.29, 0.717) is 18.5 Å². The van der Waals surface area contributed by atoms with Gasteiger partial charge in [-0.3, -0.25) is 9.59 Å². The molecule has 116 valence electrons. The molecule has 0 saturated carbocycles. The lowest BCUT2D eigenvalue weighted by atomic mass is 10.0. The number of aliphatic carboxylic acids is 1.